The lowest BCUT2D eigenvalue weighted by molar-refractivity contribution is -0.118. The molecule has 0 radical (unpaired) electrons. The average molecular weight is 1660 g/mol. The number of benzene rings is 7. The van der Waals surface area contributed by atoms with Gasteiger partial charge in [0.25, 0.3) is 0 Å². The zero-order chi connectivity index (χ0) is 77.9. The third-order valence-electron chi connectivity index (χ3n) is 16.1. The van der Waals surface area contributed by atoms with Crippen molar-refractivity contribution in [1.82, 2.24) is 34.7 Å². The lowest BCUT2D eigenvalue weighted by Gasteiger charge is -2.23. The first kappa shape index (κ1) is 81.7. The first-order valence-corrected chi connectivity index (χ1v) is 41.5. The number of anilines is 4. The van der Waals surface area contributed by atoms with Crippen molar-refractivity contribution in [2.45, 2.75) is 94.0 Å². The van der Waals surface area contributed by atoms with Gasteiger partial charge in [-0.3, -0.25) is 35.1 Å². The Balaban J connectivity index is 0.000000165. The number of aromatic nitrogens is 7. The number of thiazole rings is 1. The van der Waals surface area contributed by atoms with Gasteiger partial charge in [-0.25, -0.2) is 43.8 Å². The predicted molar refractivity (Wildman–Crippen MR) is 420 cm³/mol. The van der Waals surface area contributed by atoms with E-state index in [-0.39, 0.29) is 37.4 Å². The Kier molecular flexibility index (Phi) is 25.8. The summed E-state index contributed by atoms with van der Waals surface area (Å²) in [6, 6.07) is 56.0. The van der Waals surface area contributed by atoms with Gasteiger partial charge in [0.05, 0.1) is 30.2 Å². The highest BCUT2D eigenvalue weighted by atomic mass is 35.5. The quantitative estimate of drug-likeness (QED) is 0.0473. The zero-order valence-electron chi connectivity index (χ0n) is 57.6. The van der Waals surface area contributed by atoms with Gasteiger partial charge in [-0.1, -0.05) is 149 Å². The Morgan fingerprint density at radius 1 is 0.421 bits per heavy atom. The summed E-state index contributed by atoms with van der Waals surface area (Å²) in [5.74, 6) is -2.21. The van der Waals surface area contributed by atoms with Crippen LogP contribution in [0.3, 0.4) is 0 Å². The molecule has 5 aromatic heterocycles. The molecule has 5 N–H and O–H groups in total. The minimum atomic E-state index is -3.95. The van der Waals surface area contributed by atoms with Crippen LogP contribution in [0.2, 0.25) is 20.1 Å². The van der Waals surface area contributed by atoms with E-state index in [4.69, 9.17) is 50.9 Å². The fourth-order valence-electron chi connectivity index (χ4n) is 9.10. The normalized spacial score (nSPS) is 12.0. The van der Waals surface area contributed by atoms with Crippen LogP contribution in [-0.2, 0) is 58.5 Å². The number of halogens is 4. The number of H-pyrrole nitrogens is 1. The number of carbonyl (C=O) groups is 4. The second-order valence-electron chi connectivity index (χ2n) is 24.8. The zero-order valence-corrected chi connectivity index (χ0v) is 66.4. The van der Waals surface area contributed by atoms with Gasteiger partial charge in [-0.05, 0) is 175 Å². The molecule has 12 aromatic rings. The lowest BCUT2D eigenvalue weighted by Crippen LogP contribution is -2.44. The smallest absolute Gasteiger partial charge is 0.248 e. The first-order chi connectivity index (χ1) is 50.4. The summed E-state index contributed by atoms with van der Waals surface area (Å²) in [6.45, 7) is 10.8. The van der Waals surface area contributed by atoms with Gasteiger partial charge >= 0.3 is 0 Å². The van der Waals surface area contributed by atoms with Gasteiger partial charge < -0.3 is 9.84 Å². The number of hydrogen-bond donors (Lipinski definition) is 5. The second kappa shape index (κ2) is 33.8. The minimum absolute atomic E-state index is 0.00888. The number of nitrogens with one attached hydrogen (secondary N) is 5. The first-order valence-electron chi connectivity index (χ1n) is 31.5. The molecule has 0 spiro atoms. The fraction of sp³-hybridized carbons (Fsp3) is 0.167. The van der Waals surface area contributed by atoms with Crippen molar-refractivity contribution in [2.24, 2.45) is 0 Å². The van der Waals surface area contributed by atoms with Crippen LogP contribution < -0.4 is 21.3 Å². The summed E-state index contributed by atoms with van der Waals surface area (Å²) in [5, 5.41) is 27.0. The van der Waals surface area contributed by atoms with Crippen LogP contribution in [-0.4, -0.2) is 111 Å². The van der Waals surface area contributed by atoms with Crippen molar-refractivity contribution in [2.75, 3.05) is 21.3 Å². The van der Waals surface area contributed by atoms with E-state index in [1.807, 2.05) is 114 Å². The molecule has 556 valence electrons. The molecular weight excluding hydrogens is 1590 g/mol. The Morgan fingerprint density at radius 3 is 1.23 bits per heavy atom. The number of hydrogen-bond acceptors (Lipinski definition) is 22. The van der Waals surface area contributed by atoms with Gasteiger partial charge in [-0.15, -0.1) is 22.7 Å². The van der Waals surface area contributed by atoms with Crippen LogP contribution in [0.15, 0.2) is 241 Å². The van der Waals surface area contributed by atoms with Crippen molar-refractivity contribution in [3.63, 3.8) is 0 Å². The molecule has 7 aromatic carbocycles. The molecule has 0 bridgehead atoms. The minimum Gasteiger partial charge on any atom is -0.338 e. The SMILES string of the molecule is CC(C)(C(=O)Nc1cc(-c2ccccc2)no1)S(=O)(=O)c1ccc(Cl)cc1.CC(C)(C(=O)Nc1nc(-c2ccccc2)n[nH]1)S(=O)(=O)c1ccc(Cl)cc1.CC(C)(C(=O)Nc1nc(-c2cccs2)cs1)S(=O)(=O)c1ccc(Cl)cc1.CC(C)(C(=O)Nc1nsc(-c2ccccc2)n1)S(=O)(=O)c1ccc(Cl)cc1. The lowest BCUT2D eigenvalue weighted by atomic mass is 10.1. The molecule has 0 aliphatic heterocycles. The Morgan fingerprint density at radius 2 is 0.813 bits per heavy atom. The van der Waals surface area contributed by atoms with E-state index in [2.05, 4.69) is 55.9 Å². The number of thiophene rings is 1. The van der Waals surface area contributed by atoms with Crippen LogP contribution in [0, 0.1) is 0 Å². The van der Waals surface area contributed by atoms with E-state index < -0.39 is 82.0 Å². The van der Waals surface area contributed by atoms with Crippen LogP contribution in [0.5, 0.6) is 0 Å². The third-order valence-corrected chi connectivity index (χ3v) is 29.2. The van der Waals surface area contributed by atoms with E-state index in [1.165, 1.54) is 170 Å². The highest BCUT2D eigenvalue weighted by Crippen LogP contribution is 2.35. The van der Waals surface area contributed by atoms with Crippen LogP contribution in [0.4, 0.5) is 22.9 Å². The predicted octanol–water partition coefficient (Wildman–Crippen LogP) is 16.3. The van der Waals surface area contributed by atoms with Gasteiger partial charge in [0, 0.05) is 48.2 Å². The van der Waals surface area contributed by atoms with Crippen LogP contribution in [0.25, 0.3) is 43.8 Å². The highest BCUT2D eigenvalue weighted by molar-refractivity contribution is 7.94. The van der Waals surface area contributed by atoms with Gasteiger partial charge in [0.15, 0.2) is 50.3 Å². The summed E-state index contributed by atoms with van der Waals surface area (Å²) in [4.78, 5) is 64.5. The molecule has 107 heavy (non-hydrogen) atoms. The van der Waals surface area contributed by atoms with Crippen molar-refractivity contribution in [3.05, 3.63) is 237 Å². The second-order valence-corrected chi connectivity index (χ2v) is 39.1. The number of carbonyl (C=O) groups excluding carboxylic acids is 4. The summed E-state index contributed by atoms with van der Waals surface area (Å²) in [7, 11) is -15.8. The van der Waals surface area contributed by atoms with Crippen LogP contribution >= 0.6 is 80.6 Å². The number of amides is 4. The molecule has 0 unspecified atom stereocenters. The van der Waals surface area contributed by atoms with E-state index in [9.17, 15) is 52.8 Å². The van der Waals surface area contributed by atoms with Gasteiger partial charge in [0.1, 0.15) is 29.7 Å². The molecular formula is C72H65Cl4N11O13S7. The summed E-state index contributed by atoms with van der Waals surface area (Å²) in [5.41, 5.74) is 3.73. The summed E-state index contributed by atoms with van der Waals surface area (Å²) >= 11 is 27.1. The summed E-state index contributed by atoms with van der Waals surface area (Å²) in [6.07, 6.45) is 0. The molecule has 0 atom stereocenters. The van der Waals surface area contributed by atoms with E-state index in [0.717, 1.165) is 38.8 Å². The molecule has 0 fully saturated rings. The van der Waals surface area contributed by atoms with Crippen LogP contribution in [0.1, 0.15) is 55.4 Å². The Labute approximate surface area is 649 Å². The van der Waals surface area contributed by atoms with E-state index >= 15 is 0 Å². The van der Waals surface area contributed by atoms with E-state index in [1.54, 1.807) is 11.3 Å². The molecule has 5 heterocycles. The number of rotatable bonds is 20. The number of nitrogens with zero attached hydrogens (tertiary/aromatic N) is 6. The maximum Gasteiger partial charge on any atom is 0.248 e. The third kappa shape index (κ3) is 19.0. The molecule has 0 aliphatic carbocycles. The maximum atomic E-state index is 12.9. The Hall–Kier alpha value is -9.38. The molecule has 4 amide bonds. The largest absolute Gasteiger partial charge is 0.338 e. The summed E-state index contributed by atoms with van der Waals surface area (Å²) < 4.78 is 105. The van der Waals surface area contributed by atoms with E-state index in [0.29, 0.717) is 41.7 Å². The highest BCUT2D eigenvalue weighted by Gasteiger charge is 2.47. The molecule has 0 saturated carbocycles. The number of aromatic amines is 1. The van der Waals surface area contributed by atoms with Crippen molar-refractivity contribution >= 4 is 166 Å². The molecule has 0 saturated heterocycles. The molecule has 24 nitrogen and oxygen atoms in total. The molecule has 12 rings (SSSR count). The topological polar surface area (TPSA) is 359 Å². The molecule has 35 heteroatoms. The van der Waals surface area contributed by atoms with Gasteiger partial charge in [0.2, 0.25) is 41.4 Å². The van der Waals surface area contributed by atoms with Crippen molar-refractivity contribution in [3.8, 4) is 43.8 Å². The number of sulfone groups is 4. The average Bonchev–Trinajstić information content (AvgIpc) is 1.14. The van der Waals surface area contributed by atoms with Gasteiger partial charge in [-0.2, -0.15) is 19.4 Å². The maximum absolute atomic E-state index is 12.9. The molecule has 0 aliphatic rings. The standard InChI is InChI=1S/C19H17ClN2O4S.C18H17ClN4O3S.C18H16ClN3O3S2.C17H15ClN2O3S3/c1-19(2,27(24,25)15-10-8-14(20)9-11-15)18(23)21-17-12-16(22-26-17)13-6-4-3-5-7-13;1-18(2,27(25,26)14-10-8-13(19)9-11-14)16(24)21-17-20-15(22-23-17)12-6-4-3-5-7-12;1-18(2,27(24,25)14-10-8-13(19)9-11-14)16(23)21-17-20-15(26-22-17)12-6-4-3-5-7-12;1-17(2,26(22,23)12-7-5-11(18)6-8-12)15(21)20-16-19-13(10-25-16)14-4-3-9-24-14/h3-12H,1-2H3,(H,21,23);3-11H,1-2H3,(H2,20,21,22,23,24);3-11H,1-2H3,(H,21,22,23);3-10H,1-2H3,(H,19,20,21). The van der Waals surface area contributed by atoms with Crippen molar-refractivity contribution in [1.29, 1.82) is 0 Å². The monoisotopic (exact) mass is 1660 g/mol. The Bertz CT molecular complexity index is 5180. The van der Waals surface area contributed by atoms with Crippen molar-refractivity contribution < 1.29 is 57.4 Å². The fourth-order valence-corrected chi connectivity index (χ4v) is 17.2.